The van der Waals surface area contributed by atoms with E-state index >= 15 is 0 Å². The summed E-state index contributed by atoms with van der Waals surface area (Å²) < 4.78 is 47.7. The normalized spacial score (nSPS) is 11.6. The molecular weight excluding hydrogens is 462 g/mol. The number of halogens is 5. The number of aryl methyl sites for hydroxylation is 1. The Morgan fingerprint density at radius 3 is 2.19 bits per heavy atom. The Bertz CT molecular complexity index is 1310. The fourth-order valence-corrected chi connectivity index (χ4v) is 4.21. The molecule has 0 aliphatic rings. The van der Waals surface area contributed by atoms with Crippen molar-refractivity contribution in [2.45, 2.75) is 13.3 Å². The van der Waals surface area contributed by atoms with Gasteiger partial charge in [0.1, 0.15) is 11.5 Å². The molecule has 0 atom stereocenters. The number of nitrogens with zero attached hydrogens (tertiary/aromatic N) is 1. The highest BCUT2D eigenvalue weighted by Crippen LogP contribution is 2.40. The van der Waals surface area contributed by atoms with Crippen LogP contribution in [0.2, 0.25) is 10.0 Å². The summed E-state index contributed by atoms with van der Waals surface area (Å²) in [7, 11) is 1.52. The van der Waals surface area contributed by atoms with Gasteiger partial charge in [0.2, 0.25) is 0 Å². The summed E-state index contributed by atoms with van der Waals surface area (Å²) in [6.45, 7) is 1.84. The van der Waals surface area contributed by atoms with Gasteiger partial charge in [-0.05, 0) is 30.2 Å². The molecule has 164 valence electrons. The molecule has 1 heterocycles. The van der Waals surface area contributed by atoms with Gasteiger partial charge in [0.15, 0.2) is 0 Å². The Balaban J connectivity index is 1.78. The van der Waals surface area contributed by atoms with Crippen LogP contribution in [-0.2, 0) is 0 Å². The lowest BCUT2D eigenvalue weighted by Crippen LogP contribution is -2.17. The van der Waals surface area contributed by atoms with Crippen molar-refractivity contribution >= 4 is 34.1 Å². The molecule has 0 N–H and O–H groups in total. The summed E-state index contributed by atoms with van der Waals surface area (Å²) in [5.41, 5.74) is 3.73. The Kier molecular flexibility index (Phi) is 5.93. The molecule has 0 fully saturated rings. The zero-order chi connectivity index (χ0) is 23.0. The Hall–Kier alpha value is -2.96. The number of hydrogen-bond donors (Lipinski definition) is 0. The molecule has 32 heavy (non-hydrogen) atoms. The van der Waals surface area contributed by atoms with Crippen molar-refractivity contribution in [2.75, 3.05) is 7.11 Å². The van der Waals surface area contributed by atoms with Crippen molar-refractivity contribution in [3.05, 3.63) is 76.4 Å². The lowest BCUT2D eigenvalue weighted by molar-refractivity contribution is -0.274. The summed E-state index contributed by atoms with van der Waals surface area (Å²) in [4.78, 5) is 4.63. The van der Waals surface area contributed by atoms with Gasteiger partial charge in [-0.15, -0.1) is 13.2 Å². The van der Waals surface area contributed by atoms with Crippen LogP contribution in [0.25, 0.3) is 33.2 Å². The highest BCUT2D eigenvalue weighted by molar-refractivity contribution is 6.39. The van der Waals surface area contributed by atoms with Crippen molar-refractivity contribution in [1.29, 1.82) is 0 Å². The number of pyridine rings is 1. The molecule has 0 bridgehead atoms. The zero-order valence-electron chi connectivity index (χ0n) is 16.9. The molecule has 8 heteroatoms. The first-order chi connectivity index (χ1) is 15.2. The van der Waals surface area contributed by atoms with Gasteiger partial charge >= 0.3 is 6.36 Å². The van der Waals surface area contributed by atoms with Crippen LogP contribution in [0.3, 0.4) is 0 Å². The van der Waals surface area contributed by atoms with E-state index in [9.17, 15) is 13.2 Å². The van der Waals surface area contributed by atoms with Crippen molar-refractivity contribution in [3.63, 3.8) is 0 Å². The van der Waals surface area contributed by atoms with E-state index in [0.29, 0.717) is 49.1 Å². The van der Waals surface area contributed by atoms with E-state index in [0.717, 1.165) is 5.56 Å². The molecule has 4 aromatic rings. The molecule has 4 rings (SSSR count). The van der Waals surface area contributed by atoms with E-state index in [4.69, 9.17) is 27.9 Å². The number of rotatable bonds is 4. The van der Waals surface area contributed by atoms with Crippen molar-refractivity contribution < 1.29 is 22.6 Å². The molecular formula is C24H16Cl2F3NO2. The second-order valence-corrected chi connectivity index (χ2v) is 7.80. The maximum absolute atomic E-state index is 12.8. The van der Waals surface area contributed by atoms with Crippen molar-refractivity contribution in [3.8, 4) is 33.8 Å². The average Bonchev–Trinajstić information content (AvgIpc) is 2.74. The van der Waals surface area contributed by atoms with E-state index in [1.54, 1.807) is 48.5 Å². The Morgan fingerprint density at radius 2 is 1.53 bits per heavy atom. The number of para-hydroxylation sites is 1. The number of fused-ring (bicyclic) bond motifs is 1. The van der Waals surface area contributed by atoms with E-state index in [1.165, 1.54) is 19.2 Å². The first kappa shape index (κ1) is 22.2. The topological polar surface area (TPSA) is 31.4 Å². The number of aromatic nitrogens is 1. The summed E-state index contributed by atoms with van der Waals surface area (Å²) in [6, 6.07) is 16.4. The quantitative estimate of drug-likeness (QED) is 0.297. The first-order valence-electron chi connectivity index (χ1n) is 9.47. The van der Waals surface area contributed by atoms with Crippen LogP contribution in [0.1, 0.15) is 5.69 Å². The van der Waals surface area contributed by atoms with E-state index in [2.05, 4.69) is 9.72 Å². The fraction of sp³-hybridized carbons (Fsp3) is 0.125. The van der Waals surface area contributed by atoms with E-state index in [1.807, 2.05) is 6.92 Å². The summed E-state index contributed by atoms with van der Waals surface area (Å²) in [5.74, 6) is 0.233. The van der Waals surface area contributed by atoms with Crippen LogP contribution in [0, 0.1) is 6.92 Å². The van der Waals surface area contributed by atoms with E-state index < -0.39 is 6.36 Å². The van der Waals surface area contributed by atoms with Gasteiger partial charge in [0.25, 0.3) is 0 Å². The van der Waals surface area contributed by atoms with Crippen LogP contribution in [0.15, 0.2) is 60.7 Å². The number of benzene rings is 3. The molecule has 3 nitrogen and oxygen atoms in total. The minimum absolute atomic E-state index is 0.266. The fourth-order valence-electron chi connectivity index (χ4n) is 3.57. The lowest BCUT2D eigenvalue weighted by atomic mass is 9.98. The molecule has 0 amide bonds. The van der Waals surface area contributed by atoms with Gasteiger partial charge in [0, 0.05) is 28.3 Å². The smallest absolute Gasteiger partial charge is 0.495 e. The van der Waals surface area contributed by atoms with Crippen LogP contribution in [-0.4, -0.2) is 18.5 Å². The predicted octanol–water partition coefficient (Wildman–Crippen LogP) is 8.09. The highest BCUT2D eigenvalue weighted by atomic mass is 35.5. The molecule has 0 saturated carbocycles. The largest absolute Gasteiger partial charge is 0.573 e. The second kappa shape index (κ2) is 8.52. The number of methoxy groups -OCH3 is 1. The number of ether oxygens (including phenoxy) is 2. The maximum Gasteiger partial charge on any atom is 0.573 e. The summed E-state index contributed by atoms with van der Waals surface area (Å²) in [6.07, 6.45) is -4.78. The predicted molar refractivity (Wildman–Crippen MR) is 121 cm³/mol. The summed E-state index contributed by atoms with van der Waals surface area (Å²) in [5, 5.41) is 1.56. The van der Waals surface area contributed by atoms with E-state index in [-0.39, 0.29) is 5.75 Å². The third-order valence-corrected chi connectivity index (χ3v) is 5.66. The van der Waals surface area contributed by atoms with Crippen LogP contribution < -0.4 is 9.47 Å². The molecule has 0 aliphatic heterocycles. The molecule has 0 unspecified atom stereocenters. The third-order valence-electron chi connectivity index (χ3n) is 4.97. The molecule has 0 saturated heterocycles. The van der Waals surface area contributed by atoms with Crippen LogP contribution in [0.4, 0.5) is 13.2 Å². The van der Waals surface area contributed by atoms with Gasteiger partial charge in [-0.3, -0.25) is 4.98 Å². The van der Waals surface area contributed by atoms with Gasteiger partial charge in [-0.2, -0.15) is 0 Å². The molecule has 0 spiro atoms. The highest BCUT2D eigenvalue weighted by Gasteiger charge is 2.32. The third kappa shape index (κ3) is 4.33. The maximum atomic E-state index is 12.8. The standard InChI is InChI=1S/C24H16Cl2F3NO2/c1-13-22(23(26)17-11-18(25)21(31-2)12-19(17)30-13)15-9-7-14(8-10-15)16-5-3-4-6-20(16)32-24(27,28)29/h3-12H,1-2H3. The number of hydrogen-bond acceptors (Lipinski definition) is 3. The SMILES string of the molecule is COc1cc2nc(C)c(-c3ccc(-c4ccccc4OC(F)(F)F)cc3)c(Cl)c2cc1Cl. The minimum atomic E-state index is -4.78. The molecule has 3 aromatic carbocycles. The van der Waals surface area contributed by atoms with Crippen LogP contribution >= 0.6 is 23.2 Å². The summed E-state index contributed by atoms with van der Waals surface area (Å²) >= 11 is 13.0. The second-order valence-electron chi connectivity index (χ2n) is 7.01. The lowest BCUT2D eigenvalue weighted by Gasteiger charge is -2.15. The molecule has 0 aliphatic carbocycles. The van der Waals surface area contributed by atoms with Gasteiger partial charge in [-0.1, -0.05) is 65.7 Å². The molecule has 0 radical (unpaired) electrons. The van der Waals surface area contributed by atoms with Gasteiger partial charge in [-0.25, -0.2) is 0 Å². The monoisotopic (exact) mass is 477 g/mol. The zero-order valence-corrected chi connectivity index (χ0v) is 18.4. The van der Waals surface area contributed by atoms with Crippen molar-refractivity contribution in [2.24, 2.45) is 0 Å². The Labute approximate surface area is 192 Å². The van der Waals surface area contributed by atoms with Gasteiger partial charge in [0.05, 0.1) is 22.7 Å². The van der Waals surface area contributed by atoms with Crippen molar-refractivity contribution in [1.82, 2.24) is 4.98 Å². The van der Waals surface area contributed by atoms with Crippen LogP contribution in [0.5, 0.6) is 11.5 Å². The van der Waals surface area contributed by atoms with Gasteiger partial charge < -0.3 is 9.47 Å². The average molecular weight is 478 g/mol. The molecule has 1 aromatic heterocycles. The number of alkyl halides is 3. The first-order valence-corrected chi connectivity index (χ1v) is 10.2. The minimum Gasteiger partial charge on any atom is -0.495 e. The Morgan fingerprint density at radius 1 is 0.875 bits per heavy atom.